The molecule has 0 atom stereocenters. The Morgan fingerprint density at radius 1 is 1.12 bits per heavy atom. The van der Waals surface area contributed by atoms with Crippen LogP contribution in [0, 0.1) is 18.6 Å². The molecule has 1 aromatic carbocycles. The third kappa shape index (κ3) is 3.37. The molecule has 0 spiro atoms. The molecule has 0 fully saturated rings. The molecule has 0 N–H and O–H groups in total. The Morgan fingerprint density at radius 3 is 2.77 bits per heavy atom. The molecule has 0 aliphatic carbocycles. The first-order valence-corrected chi connectivity index (χ1v) is 8.64. The second-order valence-electron chi connectivity index (χ2n) is 6.68. The monoisotopic (exact) mass is 358 g/mol. The molecule has 0 saturated carbocycles. The molecule has 3 heterocycles. The molecule has 0 saturated heterocycles. The second-order valence-corrected chi connectivity index (χ2v) is 6.68. The van der Waals surface area contributed by atoms with Gasteiger partial charge in [0.1, 0.15) is 0 Å². The number of aryl methyl sites for hydroxylation is 2. The molecule has 8 heteroatoms. The number of benzene rings is 1. The summed E-state index contributed by atoms with van der Waals surface area (Å²) < 4.78 is 30.6. The van der Waals surface area contributed by atoms with Crippen LogP contribution in [0.3, 0.4) is 0 Å². The van der Waals surface area contributed by atoms with Gasteiger partial charge >= 0.3 is 0 Å². The fourth-order valence-corrected chi connectivity index (χ4v) is 3.35. The van der Waals surface area contributed by atoms with E-state index in [0.29, 0.717) is 19.6 Å². The first kappa shape index (κ1) is 16.8. The molecular formula is C18H20F2N6. The van der Waals surface area contributed by atoms with Gasteiger partial charge in [0.25, 0.3) is 0 Å². The zero-order chi connectivity index (χ0) is 18.1. The molecule has 0 radical (unpaired) electrons. The molecule has 1 aliphatic rings. The third-order valence-corrected chi connectivity index (χ3v) is 4.78. The van der Waals surface area contributed by atoms with E-state index in [-0.39, 0.29) is 0 Å². The molecular weight excluding hydrogens is 338 g/mol. The van der Waals surface area contributed by atoms with Gasteiger partial charge in [-0.05, 0) is 31.0 Å². The van der Waals surface area contributed by atoms with Crippen LogP contribution in [0.4, 0.5) is 8.78 Å². The average Bonchev–Trinajstić information content (AvgIpc) is 3.12. The van der Waals surface area contributed by atoms with Gasteiger partial charge in [-0.15, -0.1) is 5.10 Å². The van der Waals surface area contributed by atoms with E-state index < -0.39 is 11.6 Å². The Morgan fingerprint density at radius 2 is 2.00 bits per heavy atom. The van der Waals surface area contributed by atoms with Crippen molar-refractivity contribution in [2.24, 2.45) is 0 Å². The second kappa shape index (κ2) is 6.95. The standard InChI is InChI=1S/C18H20F2N6/c1-13-8-22-23-26(13)10-17-18-11-24(5-2-6-25(18)12-21-17)9-14-3-4-15(19)16(20)7-14/h3-4,7-8,12H,2,5-6,9-11H2,1H3. The molecule has 2 aromatic heterocycles. The lowest BCUT2D eigenvalue weighted by Crippen LogP contribution is -2.23. The lowest BCUT2D eigenvalue weighted by molar-refractivity contribution is 0.259. The van der Waals surface area contributed by atoms with E-state index in [1.807, 2.05) is 17.9 Å². The van der Waals surface area contributed by atoms with Gasteiger partial charge < -0.3 is 4.57 Å². The Bertz CT molecular complexity index is 916. The van der Waals surface area contributed by atoms with Gasteiger partial charge in [-0.3, -0.25) is 4.90 Å². The normalized spacial score (nSPS) is 15.0. The van der Waals surface area contributed by atoms with E-state index in [4.69, 9.17) is 0 Å². The minimum Gasteiger partial charge on any atom is -0.333 e. The molecule has 4 rings (SSSR count). The summed E-state index contributed by atoms with van der Waals surface area (Å²) in [4.78, 5) is 6.80. The van der Waals surface area contributed by atoms with Gasteiger partial charge in [0.2, 0.25) is 0 Å². The van der Waals surface area contributed by atoms with Crippen molar-refractivity contribution in [3.05, 3.63) is 65.0 Å². The van der Waals surface area contributed by atoms with Crippen molar-refractivity contribution in [3.63, 3.8) is 0 Å². The van der Waals surface area contributed by atoms with Crippen molar-refractivity contribution < 1.29 is 8.78 Å². The van der Waals surface area contributed by atoms with Gasteiger partial charge in [0.15, 0.2) is 11.6 Å². The number of aromatic nitrogens is 5. The maximum absolute atomic E-state index is 13.5. The van der Waals surface area contributed by atoms with Crippen molar-refractivity contribution in [1.29, 1.82) is 0 Å². The molecule has 0 amide bonds. The highest BCUT2D eigenvalue weighted by Gasteiger charge is 2.20. The van der Waals surface area contributed by atoms with Gasteiger partial charge in [-0.1, -0.05) is 11.3 Å². The number of nitrogens with zero attached hydrogens (tertiary/aromatic N) is 6. The molecule has 6 nitrogen and oxygen atoms in total. The molecule has 26 heavy (non-hydrogen) atoms. The largest absolute Gasteiger partial charge is 0.333 e. The Balaban J connectivity index is 1.54. The Labute approximate surface area is 150 Å². The molecule has 3 aromatic rings. The summed E-state index contributed by atoms with van der Waals surface area (Å²) in [6.07, 6.45) is 4.58. The van der Waals surface area contributed by atoms with Crippen LogP contribution in [0.1, 0.15) is 29.1 Å². The van der Waals surface area contributed by atoms with Crippen LogP contribution in [0.15, 0.2) is 30.7 Å². The summed E-state index contributed by atoms with van der Waals surface area (Å²) >= 11 is 0. The van der Waals surface area contributed by atoms with Crippen LogP contribution >= 0.6 is 0 Å². The van der Waals surface area contributed by atoms with Crippen LogP contribution < -0.4 is 0 Å². The Kier molecular flexibility index (Phi) is 4.50. The summed E-state index contributed by atoms with van der Waals surface area (Å²) in [5.74, 6) is -1.61. The van der Waals surface area contributed by atoms with Gasteiger partial charge in [0.05, 0.1) is 36.2 Å². The number of hydrogen-bond donors (Lipinski definition) is 0. The van der Waals surface area contributed by atoms with Gasteiger partial charge in [0, 0.05) is 26.2 Å². The molecule has 1 aliphatic heterocycles. The van der Waals surface area contributed by atoms with Gasteiger partial charge in [-0.2, -0.15) is 0 Å². The fraction of sp³-hybridized carbons (Fsp3) is 0.389. The zero-order valence-electron chi connectivity index (χ0n) is 14.6. The topological polar surface area (TPSA) is 51.8 Å². The predicted octanol–water partition coefficient (Wildman–Crippen LogP) is 2.52. The predicted molar refractivity (Wildman–Crippen MR) is 91.2 cm³/mol. The first-order valence-electron chi connectivity index (χ1n) is 8.64. The van der Waals surface area contributed by atoms with Crippen LogP contribution in [0.25, 0.3) is 0 Å². The van der Waals surface area contributed by atoms with E-state index in [9.17, 15) is 8.78 Å². The summed E-state index contributed by atoms with van der Waals surface area (Å²) in [5.41, 5.74) is 3.86. The highest BCUT2D eigenvalue weighted by Crippen LogP contribution is 2.20. The zero-order valence-corrected chi connectivity index (χ0v) is 14.6. The highest BCUT2D eigenvalue weighted by molar-refractivity contribution is 5.19. The maximum Gasteiger partial charge on any atom is 0.159 e. The smallest absolute Gasteiger partial charge is 0.159 e. The lowest BCUT2D eigenvalue weighted by atomic mass is 10.2. The van der Waals surface area contributed by atoms with Crippen molar-refractivity contribution >= 4 is 0 Å². The molecule has 0 bridgehead atoms. The van der Waals surface area contributed by atoms with Crippen LogP contribution in [0.2, 0.25) is 0 Å². The van der Waals surface area contributed by atoms with Crippen molar-refractivity contribution in [2.45, 2.75) is 39.5 Å². The molecule has 136 valence electrons. The quantitative estimate of drug-likeness (QED) is 0.719. The fourth-order valence-electron chi connectivity index (χ4n) is 3.35. The minimum absolute atomic E-state index is 0.574. The Hall–Kier alpha value is -2.61. The number of hydrogen-bond acceptors (Lipinski definition) is 4. The summed E-state index contributed by atoms with van der Waals surface area (Å²) in [6, 6.07) is 4.10. The lowest BCUT2D eigenvalue weighted by Gasteiger charge is -2.20. The van der Waals surface area contributed by atoms with Crippen molar-refractivity contribution in [3.8, 4) is 0 Å². The highest BCUT2D eigenvalue weighted by atomic mass is 19.2. The van der Waals surface area contributed by atoms with Crippen LogP contribution in [-0.4, -0.2) is 36.0 Å². The summed E-state index contributed by atoms with van der Waals surface area (Å²) in [7, 11) is 0. The van der Waals surface area contributed by atoms with E-state index in [1.54, 1.807) is 12.3 Å². The maximum atomic E-state index is 13.5. The number of fused-ring (bicyclic) bond motifs is 1. The van der Waals surface area contributed by atoms with Crippen molar-refractivity contribution in [1.82, 2.24) is 29.4 Å². The van der Waals surface area contributed by atoms with Crippen molar-refractivity contribution in [2.75, 3.05) is 6.54 Å². The average molecular weight is 358 g/mol. The molecule has 0 unspecified atom stereocenters. The minimum atomic E-state index is -0.812. The van der Waals surface area contributed by atoms with E-state index >= 15 is 0 Å². The summed E-state index contributed by atoms with van der Waals surface area (Å²) in [5, 5.41) is 8.02. The number of halogens is 2. The van der Waals surface area contributed by atoms with E-state index in [0.717, 1.165) is 42.2 Å². The van der Waals surface area contributed by atoms with Crippen LogP contribution in [0.5, 0.6) is 0 Å². The summed E-state index contributed by atoms with van der Waals surface area (Å²) in [6.45, 7) is 5.61. The van der Waals surface area contributed by atoms with E-state index in [2.05, 4.69) is 24.8 Å². The number of rotatable bonds is 4. The number of imidazole rings is 1. The van der Waals surface area contributed by atoms with E-state index in [1.165, 1.54) is 12.1 Å². The third-order valence-electron chi connectivity index (χ3n) is 4.78. The van der Waals surface area contributed by atoms with Gasteiger partial charge in [-0.25, -0.2) is 18.4 Å². The SMILES string of the molecule is Cc1cnnn1Cc1ncn2c1CN(Cc1ccc(F)c(F)c1)CCC2. The van der Waals surface area contributed by atoms with Crippen LogP contribution in [-0.2, 0) is 26.2 Å². The first-order chi connectivity index (χ1) is 12.6.